The molecule has 0 aromatic carbocycles. The molecule has 204 valence electrons. The summed E-state index contributed by atoms with van der Waals surface area (Å²) in [7, 11) is 1.87. The Bertz CT molecular complexity index is 724. The highest BCUT2D eigenvalue weighted by Gasteiger charge is 2.39. The number of ketones is 2. The van der Waals surface area contributed by atoms with Crippen molar-refractivity contribution in [2.45, 2.75) is 141 Å². The van der Waals surface area contributed by atoms with Gasteiger partial charge in [0.05, 0.1) is 18.3 Å². The van der Waals surface area contributed by atoms with Crippen LogP contribution in [0.1, 0.15) is 122 Å². The normalized spacial score (nSPS) is 43.9. The van der Waals surface area contributed by atoms with Crippen LogP contribution >= 0.6 is 0 Å². The third-order valence-electron chi connectivity index (χ3n) is 11.3. The Morgan fingerprint density at radius 2 is 0.889 bits per heavy atom. The summed E-state index contributed by atoms with van der Waals surface area (Å²) < 4.78 is 12.3. The minimum absolute atomic E-state index is 0.209. The van der Waals surface area contributed by atoms with Crippen molar-refractivity contribution in [1.29, 1.82) is 0 Å². The van der Waals surface area contributed by atoms with Gasteiger partial charge in [-0.25, -0.2) is 0 Å². The molecule has 5 aliphatic rings. The molecule has 0 bridgehead atoms. The third kappa shape index (κ3) is 6.45. The van der Waals surface area contributed by atoms with Gasteiger partial charge in [0.15, 0.2) is 0 Å². The Morgan fingerprint density at radius 3 is 1.39 bits per heavy atom. The number of rotatable bonds is 7. The molecule has 36 heavy (non-hydrogen) atoms. The van der Waals surface area contributed by atoms with E-state index in [4.69, 9.17) is 9.47 Å². The van der Waals surface area contributed by atoms with Gasteiger partial charge in [0, 0.05) is 30.8 Å². The molecule has 0 aromatic heterocycles. The lowest BCUT2D eigenvalue weighted by atomic mass is 9.69. The summed E-state index contributed by atoms with van der Waals surface area (Å²) in [5.41, 5.74) is 0. The van der Waals surface area contributed by atoms with Gasteiger partial charge in [-0.05, 0) is 120 Å². The molecule has 4 heteroatoms. The lowest BCUT2D eigenvalue weighted by Gasteiger charge is -2.43. The number of methoxy groups -OCH3 is 1. The molecule has 5 rings (SSSR count). The van der Waals surface area contributed by atoms with Crippen molar-refractivity contribution in [2.75, 3.05) is 7.11 Å². The van der Waals surface area contributed by atoms with Crippen molar-refractivity contribution in [3.63, 3.8) is 0 Å². The van der Waals surface area contributed by atoms with Crippen molar-refractivity contribution < 1.29 is 19.1 Å². The molecule has 4 atom stereocenters. The highest BCUT2D eigenvalue weighted by atomic mass is 16.5. The minimum Gasteiger partial charge on any atom is -0.381 e. The predicted octanol–water partition coefficient (Wildman–Crippen LogP) is 7.32. The maximum Gasteiger partial charge on any atom is 0.139 e. The Labute approximate surface area is 220 Å². The fourth-order valence-corrected chi connectivity index (χ4v) is 8.77. The maximum absolute atomic E-state index is 13.3. The van der Waals surface area contributed by atoms with Crippen LogP contribution in [0.15, 0.2) is 0 Å². The first-order valence-electron chi connectivity index (χ1n) is 15.8. The summed E-state index contributed by atoms with van der Waals surface area (Å²) in [4.78, 5) is 26.4. The van der Waals surface area contributed by atoms with Gasteiger partial charge in [0.25, 0.3) is 0 Å². The second kappa shape index (κ2) is 12.4. The van der Waals surface area contributed by atoms with Crippen LogP contribution in [0.2, 0.25) is 0 Å². The van der Waals surface area contributed by atoms with Crippen molar-refractivity contribution in [3.8, 4) is 0 Å². The fourth-order valence-electron chi connectivity index (χ4n) is 8.77. The van der Waals surface area contributed by atoms with E-state index in [2.05, 4.69) is 6.92 Å². The maximum atomic E-state index is 13.3. The molecule has 5 saturated carbocycles. The van der Waals surface area contributed by atoms with Crippen LogP contribution in [0.5, 0.6) is 0 Å². The van der Waals surface area contributed by atoms with Crippen molar-refractivity contribution in [1.82, 2.24) is 0 Å². The second-order valence-electron chi connectivity index (χ2n) is 13.5. The van der Waals surface area contributed by atoms with Gasteiger partial charge in [-0.1, -0.05) is 19.8 Å². The predicted molar refractivity (Wildman–Crippen MR) is 143 cm³/mol. The number of hydrogen-bond donors (Lipinski definition) is 0. The zero-order valence-electron chi connectivity index (χ0n) is 23.1. The number of carbonyl (C=O) groups is 2. The topological polar surface area (TPSA) is 52.6 Å². The highest BCUT2D eigenvalue weighted by Crippen LogP contribution is 2.43. The standard InChI is InChI=1S/C32H52O4/c1-21-3-5-22(6-4-21)31(33)23-7-9-24(10-8-23)32(34)25-11-15-28(16-12-25)36-30-18-14-26-19-29(35-2)17-13-27(26)20-30/h21-30H,3-20H2,1-2H3. The lowest BCUT2D eigenvalue weighted by molar-refractivity contribution is -0.134. The average molecular weight is 501 g/mol. The molecule has 5 aliphatic carbocycles. The number of Topliss-reactive ketones (excluding diaryl/α,β-unsaturated/α-hetero) is 2. The van der Waals surface area contributed by atoms with Crippen LogP contribution in [0.3, 0.4) is 0 Å². The Kier molecular flexibility index (Phi) is 9.26. The summed E-state index contributed by atoms with van der Waals surface area (Å²) in [6.07, 6.45) is 21.3. The SMILES string of the molecule is COC1CCC2CC(OC3CCC(C(=O)C4CCC(C(=O)C5CCC(C)CC5)CC4)CC3)CCC2C1. The van der Waals surface area contributed by atoms with Gasteiger partial charge in [0.1, 0.15) is 11.6 Å². The van der Waals surface area contributed by atoms with E-state index < -0.39 is 0 Å². The first kappa shape index (κ1) is 26.9. The van der Waals surface area contributed by atoms with Crippen molar-refractivity contribution in [3.05, 3.63) is 0 Å². The molecule has 0 heterocycles. The van der Waals surface area contributed by atoms with E-state index >= 15 is 0 Å². The van der Waals surface area contributed by atoms with E-state index in [1.807, 2.05) is 7.11 Å². The van der Waals surface area contributed by atoms with Crippen molar-refractivity contribution in [2.24, 2.45) is 41.4 Å². The fraction of sp³-hybridized carbons (Fsp3) is 0.938. The third-order valence-corrected chi connectivity index (χ3v) is 11.3. The summed E-state index contributed by atoms with van der Waals surface area (Å²) in [5.74, 6) is 4.50. The number of carbonyl (C=O) groups excluding carboxylic acids is 2. The molecular weight excluding hydrogens is 448 g/mol. The molecule has 0 saturated heterocycles. The van der Waals surface area contributed by atoms with E-state index in [1.54, 1.807) is 0 Å². The van der Waals surface area contributed by atoms with E-state index in [9.17, 15) is 9.59 Å². The molecule has 0 amide bonds. The van der Waals surface area contributed by atoms with Crippen molar-refractivity contribution >= 4 is 11.6 Å². The molecule has 0 aromatic rings. The zero-order chi connectivity index (χ0) is 25.1. The van der Waals surface area contributed by atoms with Gasteiger partial charge in [-0.3, -0.25) is 9.59 Å². The van der Waals surface area contributed by atoms with Crippen LogP contribution in [0.4, 0.5) is 0 Å². The molecular formula is C32H52O4. The first-order chi connectivity index (χ1) is 17.5. The van der Waals surface area contributed by atoms with E-state index in [1.165, 1.54) is 51.4 Å². The summed E-state index contributed by atoms with van der Waals surface area (Å²) >= 11 is 0. The van der Waals surface area contributed by atoms with E-state index in [-0.39, 0.29) is 17.8 Å². The molecule has 4 unspecified atom stereocenters. The van der Waals surface area contributed by atoms with Crippen LogP contribution in [0, 0.1) is 41.4 Å². The lowest BCUT2D eigenvalue weighted by Crippen LogP contribution is -2.39. The largest absolute Gasteiger partial charge is 0.381 e. The van der Waals surface area contributed by atoms with Gasteiger partial charge in [-0.2, -0.15) is 0 Å². The number of ether oxygens (including phenoxy) is 2. The zero-order valence-corrected chi connectivity index (χ0v) is 23.1. The van der Waals surface area contributed by atoms with Gasteiger partial charge in [0.2, 0.25) is 0 Å². The monoisotopic (exact) mass is 500 g/mol. The van der Waals surface area contributed by atoms with Crippen LogP contribution < -0.4 is 0 Å². The molecule has 4 nitrogen and oxygen atoms in total. The summed E-state index contributed by atoms with van der Waals surface area (Å²) in [6, 6.07) is 0. The number of hydrogen-bond acceptors (Lipinski definition) is 4. The summed E-state index contributed by atoms with van der Waals surface area (Å²) in [6.45, 7) is 2.32. The molecule has 0 aliphatic heterocycles. The van der Waals surface area contributed by atoms with Gasteiger partial charge < -0.3 is 9.47 Å². The van der Waals surface area contributed by atoms with E-state index in [0.717, 1.165) is 82.0 Å². The van der Waals surface area contributed by atoms with Crippen LogP contribution in [-0.2, 0) is 19.1 Å². The van der Waals surface area contributed by atoms with Crippen LogP contribution in [0.25, 0.3) is 0 Å². The van der Waals surface area contributed by atoms with Crippen LogP contribution in [-0.4, -0.2) is 37.0 Å². The van der Waals surface area contributed by atoms with Gasteiger partial charge >= 0.3 is 0 Å². The minimum atomic E-state index is 0.209. The second-order valence-corrected chi connectivity index (χ2v) is 13.5. The molecule has 0 N–H and O–H groups in total. The Hall–Kier alpha value is -0.740. The molecule has 5 fully saturated rings. The van der Waals surface area contributed by atoms with Gasteiger partial charge in [-0.15, -0.1) is 0 Å². The number of fused-ring (bicyclic) bond motifs is 1. The quantitative estimate of drug-likeness (QED) is 0.367. The highest BCUT2D eigenvalue weighted by molar-refractivity contribution is 5.85. The Balaban J connectivity index is 1.00. The average Bonchev–Trinajstić information content (AvgIpc) is 2.93. The molecule has 0 spiro atoms. The smallest absolute Gasteiger partial charge is 0.139 e. The first-order valence-corrected chi connectivity index (χ1v) is 15.8. The Morgan fingerprint density at radius 1 is 0.500 bits per heavy atom. The van der Waals surface area contributed by atoms with E-state index in [0.29, 0.717) is 35.8 Å². The summed E-state index contributed by atoms with van der Waals surface area (Å²) in [5, 5.41) is 0. The molecule has 0 radical (unpaired) electrons.